The Bertz CT molecular complexity index is 564. The molecule has 22 heavy (non-hydrogen) atoms. The van der Waals surface area contributed by atoms with E-state index in [1.807, 2.05) is 30.3 Å². The first kappa shape index (κ1) is 18.1. The monoisotopic (exact) mass is 315 g/mol. The minimum Gasteiger partial charge on any atom is -0.331 e. The van der Waals surface area contributed by atoms with E-state index < -0.39 is 0 Å². The SMILES string of the molecule is CC(C)=CCCC(C)=CC=NNC(=S)Nc1ccc(C)cc1. The van der Waals surface area contributed by atoms with E-state index in [4.69, 9.17) is 12.2 Å². The molecule has 0 atom stereocenters. The van der Waals surface area contributed by atoms with Crippen molar-refractivity contribution in [2.24, 2.45) is 5.10 Å². The maximum atomic E-state index is 5.18. The van der Waals surface area contributed by atoms with Gasteiger partial charge in [0.15, 0.2) is 5.11 Å². The average Bonchev–Trinajstić information content (AvgIpc) is 2.46. The Kier molecular flexibility index (Phi) is 8.15. The number of benzene rings is 1. The highest BCUT2D eigenvalue weighted by Gasteiger charge is 1.94. The Morgan fingerprint density at radius 2 is 1.86 bits per heavy atom. The van der Waals surface area contributed by atoms with Gasteiger partial charge in [0.2, 0.25) is 0 Å². The summed E-state index contributed by atoms with van der Waals surface area (Å²) in [4.78, 5) is 0. The van der Waals surface area contributed by atoms with Gasteiger partial charge in [-0.05, 0) is 71.0 Å². The highest BCUT2D eigenvalue weighted by atomic mass is 32.1. The molecule has 0 fully saturated rings. The summed E-state index contributed by atoms with van der Waals surface area (Å²) in [6.07, 6.45) is 8.09. The molecule has 0 saturated carbocycles. The summed E-state index contributed by atoms with van der Waals surface area (Å²) in [6, 6.07) is 8.04. The molecule has 2 N–H and O–H groups in total. The molecule has 0 aliphatic heterocycles. The first-order chi connectivity index (χ1) is 10.5. The van der Waals surface area contributed by atoms with Crippen LogP contribution >= 0.6 is 12.2 Å². The molecule has 0 aliphatic carbocycles. The molecule has 0 aromatic heterocycles. The van der Waals surface area contributed by atoms with E-state index in [-0.39, 0.29) is 0 Å². The van der Waals surface area contributed by atoms with Crippen molar-refractivity contribution in [3.8, 4) is 0 Å². The number of rotatable bonds is 6. The van der Waals surface area contributed by atoms with Crippen molar-refractivity contribution in [1.82, 2.24) is 5.43 Å². The van der Waals surface area contributed by atoms with Crippen LogP contribution in [-0.4, -0.2) is 11.3 Å². The van der Waals surface area contributed by atoms with Gasteiger partial charge in [0.1, 0.15) is 0 Å². The molecule has 0 heterocycles. The molecule has 1 aromatic rings. The zero-order valence-electron chi connectivity index (χ0n) is 13.8. The summed E-state index contributed by atoms with van der Waals surface area (Å²) in [5.41, 5.74) is 7.63. The molecule has 0 amide bonds. The van der Waals surface area contributed by atoms with Crippen LogP contribution < -0.4 is 10.7 Å². The normalized spacial score (nSPS) is 11.4. The fraction of sp³-hybridized carbons (Fsp3) is 0.333. The highest BCUT2D eigenvalue weighted by molar-refractivity contribution is 7.80. The topological polar surface area (TPSA) is 36.4 Å². The predicted octanol–water partition coefficient (Wildman–Crippen LogP) is 4.96. The standard InChI is InChI=1S/C18H25N3S/c1-14(2)6-5-7-15(3)12-13-19-21-18(22)20-17-10-8-16(4)9-11-17/h6,8-13H,5,7H2,1-4H3,(H2,20,21,22). The van der Waals surface area contributed by atoms with Crippen molar-refractivity contribution >= 4 is 29.2 Å². The number of hydrogen-bond acceptors (Lipinski definition) is 2. The molecule has 0 unspecified atom stereocenters. The van der Waals surface area contributed by atoms with E-state index in [1.165, 1.54) is 16.7 Å². The number of hydrazone groups is 1. The van der Waals surface area contributed by atoms with Crippen LogP contribution in [-0.2, 0) is 0 Å². The third kappa shape index (κ3) is 8.37. The van der Waals surface area contributed by atoms with E-state index in [1.54, 1.807) is 6.21 Å². The van der Waals surface area contributed by atoms with Gasteiger partial charge in [0.25, 0.3) is 0 Å². The summed E-state index contributed by atoms with van der Waals surface area (Å²) in [5, 5.41) is 7.66. The van der Waals surface area contributed by atoms with Gasteiger partial charge in [-0.15, -0.1) is 0 Å². The zero-order chi connectivity index (χ0) is 16.4. The molecule has 118 valence electrons. The number of allylic oxidation sites excluding steroid dienone is 4. The van der Waals surface area contributed by atoms with Crippen molar-refractivity contribution in [1.29, 1.82) is 0 Å². The molecule has 4 heteroatoms. The third-order valence-corrected chi connectivity index (χ3v) is 3.19. The lowest BCUT2D eigenvalue weighted by atomic mass is 10.1. The van der Waals surface area contributed by atoms with Crippen LogP contribution in [0.1, 0.15) is 39.2 Å². The third-order valence-electron chi connectivity index (χ3n) is 3.00. The fourth-order valence-electron chi connectivity index (χ4n) is 1.73. The van der Waals surface area contributed by atoms with Gasteiger partial charge in [0.05, 0.1) is 0 Å². The molecular weight excluding hydrogens is 290 g/mol. The van der Waals surface area contributed by atoms with Gasteiger partial charge in [-0.25, -0.2) is 0 Å². The Morgan fingerprint density at radius 3 is 2.50 bits per heavy atom. The van der Waals surface area contributed by atoms with E-state index in [0.717, 1.165) is 18.5 Å². The Balaban J connectivity index is 2.33. The van der Waals surface area contributed by atoms with E-state index >= 15 is 0 Å². The van der Waals surface area contributed by atoms with Crippen LogP contribution in [0.5, 0.6) is 0 Å². The van der Waals surface area contributed by atoms with Crippen molar-refractivity contribution in [3.63, 3.8) is 0 Å². The molecule has 0 saturated heterocycles. The summed E-state index contributed by atoms with van der Waals surface area (Å²) in [7, 11) is 0. The van der Waals surface area contributed by atoms with Crippen LogP contribution in [0.2, 0.25) is 0 Å². The van der Waals surface area contributed by atoms with Gasteiger partial charge in [-0.3, -0.25) is 5.43 Å². The van der Waals surface area contributed by atoms with Gasteiger partial charge in [-0.1, -0.05) is 34.9 Å². The summed E-state index contributed by atoms with van der Waals surface area (Å²) in [6.45, 7) is 8.39. The van der Waals surface area contributed by atoms with Crippen LogP contribution in [0.15, 0.2) is 52.7 Å². The highest BCUT2D eigenvalue weighted by Crippen LogP contribution is 2.08. The number of aryl methyl sites for hydroxylation is 1. The van der Waals surface area contributed by atoms with E-state index in [9.17, 15) is 0 Å². The first-order valence-electron chi connectivity index (χ1n) is 7.43. The van der Waals surface area contributed by atoms with Gasteiger partial charge >= 0.3 is 0 Å². The Labute approximate surface area is 139 Å². The molecule has 3 nitrogen and oxygen atoms in total. The Morgan fingerprint density at radius 1 is 1.18 bits per heavy atom. The predicted molar refractivity (Wildman–Crippen MR) is 101 cm³/mol. The molecular formula is C18H25N3S. The van der Waals surface area contributed by atoms with Crippen molar-refractivity contribution in [2.75, 3.05) is 5.32 Å². The van der Waals surface area contributed by atoms with Gasteiger partial charge < -0.3 is 5.32 Å². The minimum absolute atomic E-state index is 0.482. The minimum atomic E-state index is 0.482. The number of nitrogens with one attached hydrogen (secondary N) is 2. The molecule has 1 aromatic carbocycles. The molecule has 1 rings (SSSR count). The number of hydrogen-bond donors (Lipinski definition) is 2. The van der Waals surface area contributed by atoms with E-state index in [0.29, 0.717) is 5.11 Å². The second kappa shape index (κ2) is 9.90. The second-order valence-corrected chi connectivity index (χ2v) is 5.95. The maximum Gasteiger partial charge on any atom is 0.191 e. The lowest BCUT2D eigenvalue weighted by Crippen LogP contribution is -2.23. The van der Waals surface area contributed by atoms with Crippen LogP contribution in [0.25, 0.3) is 0 Å². The summed E-state index contributed by atoms with van der Waals surface area (Å²) in [5.74, 6) is 0. The van der Waals surface area contributed by atoms with Crippen LogP contribution in [0, 0.1) is 6.92 Å². The van der Waals surface area contributed by atoms with Crippen LogP contribution in [0.4, 0.5) is 5.69 Å². The van der Waals surface area contributed by atoms with Gasteiger partial charge in [-0.2, -0.15) is 5.10 Å². The second-order valence-electron chi connectivity index (χ2n) is 5.54. The lowest BCUT2D eigenvalue weighted by Gasteiger charge is -2.06. The number of nitrogens with zero attached hydrogens (tertiary/aromatic N) is 1. The first-order valence-corrected chi connectivity index (χ1v) is 7.84. The van der Waals surface area contributed by atoms with Crippen molar-refractivity contribution < 1.29 is 0 Å². The van der Waals surface area contributed by atoms with Crippen LogP contribution in [0.3, 0.4) is 0 Å². The quantitative estimate of drug-likeness (QED) is 0.337. The Hall–Kier alpha value is -1.94. The molecule has 0 bridgehead atoms. The summed E-state index contributed by atoms with van der Waals surface area (Å²) >= 11 is 5.18. The largest absolute Gasteiger partial charge is 0.331 e. The summed E-state index contributed by atoms with van der Waals surface area (Å²) < 4.78 is 0. The van der Waals surface area contributed by atoms with Crippen molar-refractivity contribution in [3.05, 3.63) is 53.1 Å². The van der Waals surface area contributed by atoms with Crippen molar-refractivity contribution in [2.45, 2.75) is 40.5 Å². The smallest absolute Gasteiger partial charge is 0.191 e. The molecule has 0 radical (unpaired) electrons. The molecule has 0 aliphatic rings. The number of anilines is 1. The van der Waals surface area contributed by atoms with E-state index in [2.05, 4.69) is 49.6 Å². The van der Waals surface area contributed by atoms with Gasteiger partial charge in [0, 0.05) is 11.9 Å². The number of thiocarbonyl (C=S) groups is 1. The molecule has 0 spiro atoms. The fourth-order valence-corrected chi connectivity index (χ4v) is 1.90. The lowest BCUT2D eigenvalue weighted by molar-refractivity contribution is 0.968. The maximum absolute atomic E-state index is 5.18. The zero-order valence-corrected chi connectivity index (χ0v) is 14.6. The average molecular weight is 315 g/mol.